The second-order valence-corrected chi connectivity index (χ2v) is 9.74. The van der Waals surface area contributed by atoms with Crippen LogP contribution < -0.4 is 5.32 Å². The van der Waals surface area contributed by atoms with Crippen molar-refractivity contribution in [3.63, 3.8) is 0 Å². The van der Waals surface area contributed by atoms with Crippen molar-refractivity contribution in [2.45, 2.75) is 44.6 Å². The molecular weight excluding hydrogens is 417 g/mol. The first-order chi connectivity index (χ1) is 14.8. The zero-order valence-electron chi connectivity index (χ0n) is 17.8. The van der Waals surface area contributed by atoms with E-state index in [-0.39, 0.29) is 16.6 Å². The van der Waals surface area contributed by atoms with E-state index < -0.39 is 10.0 Å². The minimum atomic E-state index is -3.60. The predicted octanol–water partition coefficient (Wildman–Crippen LogP) is 3.98. The van der Waals surface area contributed by atoms with Crippen LogP contribution in [0.4, 0.5) is 15.8 Å². The molecule has 31 heavy (non-hydrogen) atoms. The van der Waals surface area contributed by atoms with Crippen LogP contribution >= 0.6 is 0 Å². The zero-order valence-corrected chi connectivity index (χ0v) is 18.7. The van der Waals surface area contributed by atoms with Gasteiger partial charge in [0.15, 0.2) is 0 Å². The van der Waals surface area contributed by atoms with Crippen molar-refractivity contribution in [3.8, 4) is 0 Å². The molecule has 1 aromatic carbocycles. The Hall–Kier alpha value is -2.78. The van der Waals surface area contributed by atoms with Gasteiger partial charge in [-0.2, -0.15) is 9.40 Å². The minimum absolute atomic E-state index is 0.00460. The highest BCUT2D eigenvalue weighted by Crippen LogP contribution is 2.32. The van der Waals surface area contributed by atoms with E-state index in [9.17, 15) is 12.8 Å². The SMILES string of the molecule is CCn1cc(S(=O)(=O)N2CC[C@H](c3cc(Nc4ccc(F)cc4)cc(C)n3)C2)c(C)n1. The number of aryl methyl sites for hydroxylation is 3. The van der Waals surface area contributed by atoms with Gasteiger partial charge in [0.2, 0.25) is 10.0 Å². The van der Waals surface area contributed by atoms with Crippen LogP contribution in [0.5, 0.6) is 0 Å². The number of halogens is 1. The molecule has 1 fully saturated rings. The molecule has 1 saturated heterocycles. The summed E-state index contributed by atoms with van der Waals surface area (Å²) in [6, 6.07) is 10.0. The molecule has 3 heterocycles. The van der Waals surface area contributed by atoms with Crippen LogP contribution in [-0.2, 0) is 16.6 Å². The van der Waals surface area contributed by atoms with Crippen molar-refractivity contribution in [1.82, 2.24) is 19.1 Å². The standard InChI is InChI=1S/C22H26FN5O2S/c1-4-27-14-22(16(3)26-27)31(29,30)28-10-9-17(13-28)21-12-20(11-15(2)24-21)25-19-7-5-18(23)6-8-19/h5-8,11-12,14,17H,4,9-10,13H2,1-3H3,(H,24,25)/t17-/m0/s1. The number of anilines is 2. The van der Waals surface area contributed by atoms with Gasteiger partial charge in [0.05, 0.1) is 5.69 Å². The van der Waals surface area contributed by atoms with Crippen LogP contribution in [0.3, 0.4) is 0 Å². The van der Waals surface area contributed by atoms with Gasteiger partial charge in [-0.3, -0.25) is 9.67 Å². The summed E-state index contributed by atoms with van der Waals surface area (Å²) in [5.74, 6) is -0.283. The first-order valence-electron chi connectivity index (χ1n) is 10.3. The second kappa shape index (κ2) is 8.39. The average Bonchev–Trinajstić information content (AvgIpc) is 3.37. The van der Waals surface area contributed by atoms with Gasteiger partial charge in [-0.1, -0.05) is 0 Å². The van der Waals surface area contributed by atoms with E-state index in [0.29, 0.717) is 31.7 Å². The van der Waals surface area contributed by atoms with Crippen molar-refractivity contribution in [1.29, 1.82) is 0 Å². The molecule has 1 N–H and O–H groups in total. The zero-order chi connectivity index (χ0) is 22.2. The van der Waals surface area contributed by atoms with E-state index in [1.165, 1.54) is 16.4 Å². The molecule has 1 aliphatic rings. The molecule has 0 bridgehead atoms. The molecule has 3 aromatic rings. The lowest BCUT2D eigenvalue weighted by atomic mass is 10.0. The Bertz CT molecular complexity index is 1190. The number of nitrogens with zero attached hydrogens (tertiary/aromatic N) is 4. The number of hydrogen-bond acceptors (Lipinski definition) is 5. The topological polar surface area (TPSA) is 80.1 Å². The maximum atomic E-state index is 13.2. The molecule has 2 aromatic heterocycles. The summed E-state index contributed by atoms with van der Waals surface area (Å²) in [6.07, 6.45) is 2.31. The Morgan fingerprint density at radius 1 is 1.16 bits per heavy atom. The number of hydrogen-bond donors (Lipinski definition) is 1. The number of benzene rings is 1. The summed E-state index contributed by atoms with van der Waals surface area (Å²) in [5, 5.41) is 7.55. The van der Waals surface area contributed by atoms with Crippen LogP contribution in [0.15, 0.2) is 47.5 Å². The largest absolute Gasteiger partial charge is 0.355 e. The first-order valence-corrected chi connectivity index (χ1v) is 11.8. The molecule has 9 heteroatoms. The summed E-state index contributed by atoms with van der Waals surface area (Å²) >= 11 is 0. The lowest BCUT2D eigenvalue weighted by Gasteiger charge is -2.17. The third-order valence-corrected chi connectivity index (χ3v) is 7.49. The van der Waals surface area contributed by atoms with Gasteiger partial charge >= 0.3 is 0 Å². The van der Waals surface area contributed by atoms with Crippen LogP contribution in [0.1, 0.15) is 36.3 Å². The van der Waals surface area contributed by atoms with Crippen molar-refractivity contribution in [2.24, 2.45) is 0 Å². The highest BCUT2D eigenvalue weighted by Gasteiger charge is 2.35. The Morgan fingerprint density at radius 2 is 1.90 bits per heavy atom. The van der Waals surface area contributed by atoms with Gasteiger partial charge in [-0.15, -0.1) is 0 Å². The smallest absolute Gasteiger partial charge is 0.246 e. The number of sulfonamides is 1. The molecule has 1 aliphatic heterocycles. The van der Waals surface area contributed by atoms with Gasteiger partial charge in [0, 0.05) is 54.5 Å². The quantitative estimate of drug-likeness (QED) is 0.623. The highest BCUT2D eigenvalue weighted by atomic mass is 32.2. The van der Waals surface area contributed by atoms with Gasteiger partial charge in [-0.05, 0) is 63.6 Å². The minimum Gasteiger partial charge on any atom is -0.355 e. The van der Waals surface area contributed by atoms with Crippen molar-refractivity contribution in [3.05, 3.63) is 65.5 Å². The molecule has 0 saturated carbocycles. The van der Waals surface area contributed by atoms with Gasteiger partial charge in [-0.25, -0.2) is 12.8 Å². The predicted molar refractivity (Wildman–Crippen MR) is 117 cm³/mol. The molecule has 164 valence electrons. The Balaban J connectivity index is 1.54. The maximum absolute atomic E-state index is 13.2. The number of nitrogens with one attached hydrogen (secondary N) is 1. The summed E-state index contributed by atoms with van der Waals surface area (Å²) < 4.78 is 42.7. The maximum Gasteiger partial charge on any atom is 0.246 e. The molecule has 1 atom stereocenters. The van der Waals surface area contributed by atoms with E-state index in [1.807, 2.05) is 26.0 Å². The molecule has 0 spiro atoms. The number of aromatic nitrogens is 3. The summed E-state index contributed by atoms with van der Waals surface area (Å²) in [4.78, 5) is 4.93. The second-order valence-electron chi connectivity index (χ2n) is 7.84. The average molecular weight is 444 g/mol. The molecule has 0 amide bonds. The van der Waals surface area contributed by atoms with E-state index in [4.69, 9.17) is 0 Å². The third-order valence-electron chi connectivity index (χ3n) is 5.52. The Kier molecular flexibility index (Phi) is 5.81. The number of pyridine rings is 1. The number of rotatable bonds is 6. The molecule has 4 rings (SSSR count). The third kappa shape index (κ3) is 4.47. The summed E-state index contributed by atoms with van der Waals surface area (Å²) in [6.45, 7) is 7.00. The van der Waals surface area contributed by atoms with Gasteiger partial charge < -0.3 is 5.32 Å². The van der Waals surface area contributed by atoms with E-state index in [1.54, 1.807) is 29.9 Å². The Morgan fingerprint density at radius 3 is 2.58 bits per heavy atom. The van der Waals surface area contributed by atoms with Crippen LogP contribution in [0, 0.1) is 19.7 Å². The van der Waals surface area contributed by atoms with Crippen molar-refractivity contribution in [2.75, 3.05) is 18.4 Å². The van der Waals surface area contributed by atoms with Crippen LogP contribution in [0.2, 0.25) is 0 Å². The monoisotopic (exact) mass is 443 g/mol. The van der Waals surface area contributed by atoms with Crippen molar-refractivity contribution < 1.29 is 12.8 Å². The lowest BCUT2D eigenvalue weighted by molar-refractivity contribution is 0.471. The first kappa shape index (κ1) is 21.5. The molecule has 0 radical (unpaired) electrons. The van der Waals surface area contributed by atoms with Crippen LogP contribution in [-0.4, -0.2) is 40.6 Å². The van der Waals surface area contributed by atoms with Crippen LogP contribution in [0.25, 0.3) is 0 Å². The summed E-state index contributed by atoms with van der Waals surface area (Å²) in [5.41, 5.74) is 3.82. The van der Waals surface area contributed by atoms with E-state index >= 15 is 0 Å². The fourth-order valence-corrected chi connectivity index (χ4v) is 5.59. The normalized spacial score (nSPS) is 17.2. The van der Waals surface area contributed by atoms with Gasteiger partial charge in [0.1, 0.15) is 10.7 Å². The van der Waals surface area contributed by atoms with E-state index in [0.717, 1.165) is 22.8 Å². The Labute approximate surface area is 182 Å². The lowest BCUT2D eigenvalue weighted by Crippen LogP contribution is -2.29. The fraction of sp³-hybridized carbons (Fsp3) is 0.364. The van der Waals surface area contributed by atoms with Gasteiger partial charge in [0.25, 0.3) is 0 Å². The molecule has 7 nitrogen and oxygen atoms in total. The van der Waals surface area contributed by atoms with E-state index in [2.05, 4.69) is 15.4 Å². The fourth-order valence-electron chi connectivity index (χ4n) is 3.92. The molecular formula is C22H26FN5O2S. The summed E-state index contributed by atoms with van der Waals surface area (Å²) in [7, 11) is -3.60. The van der Waals surface area contributed by atoms with Crippen molar-refractivity contribution >= 4 is 21.4 Å². The highest BCUT2D eigenvalue weighted by molar-refractivity contribution is 7.89. The molecule has 0 unspecified atom stereocenters. The molecule has 0 aliphatic carbocycles.